The first-order chi connectivity index (χ1) is 14.8. The fourth-order valence-electron chi connectivity index (χ4n) is 5.09. The molecule has 1 saturated heterocycles. The minimum atomic E-state index is 0.264. The van der Waals surface area contributed by atoms with Crippen LogP contribution in [0.2, 0.25) is 0 Å². The Labute approximate surface area is 180 Å². The van der Waals surface area contributed by atoms with E-state index in [1.165, 1.54) is 38.6 Å². The third kappa shape index (κ3) is 5.23. The molecule has 0 amide bonds. The zero-order valence-corrected chi connectivity index (χ0v) is 18.2. The minimum absolute atomic E-state index is 0.264. The zero-order chi connectivity index (χ0) is 20.8. The average Bonchev–Trinajstić information content (AvgIpc) is 3.24. The molecule has 2 aliphatic rings. The highest BCUT2D eigenvalue weighted by Crippen LogP contribution is 2.27. The fraction of sp³-hybridized carbons (Fsp3) is 0.625. The van der Waals surface area contributed by atoms with Gasteiger partial charge in [0.15, 0.2) is 0 Å². The molecule has 1 unspecified atom stereocenters. The summed E-state index contributed by atoms with van der Waals surface area (Å²) in [4.78, 5) is 9.79. The van der Waals surface area contributed by atoms with E-state index < -0.39 is 0 Å². The Morgan fingerprint density at radius 1 is 1.10 bits per heavy atom. The lowest BCUT2D eigenvalue weighted by atomic mass is 9.88. The van der Waals surface area contributed by atoms with Crippen molar-refractivity contribution in [1.29, 1.82) is 0 Å². The van der Waals surface area contributed by atoms with Gasteiger partial charge in [0.1, 0.15) is 11.6 Å². The monoisotopic (exact) mass is 412 g/mol. The highest BCUT2D eigenvalue weighted by Gasteiger charge is 2.29. The van der Waals surface area contributed by atoms with Crippen molar-refractivity contribution in [3.63, 3.8) is 0 Å². The number of aromatic nitrogens is 2. The van der Waals surface area contributed by atoms with Gasteiger partial charge in [-0.1, -0.05) is 19.3 Å². The van der Waals surface area contributed by atoms with Gasteiger partial charge in [0.2, 0.25) is 0 Å². The number of benzene rings is 1. The number of aliphatic hydroxyl groups excluding tert-OH is 1. The SMILES string of the molecule is COc1ccc(-n2ccnc2CN2CCN(CC3CCCCC3)C(CCO)C2)cc1. The average molecular weight is 413 g/mol. The summed E-state index contributed by atoms with van der Waals surface area (Å²) in [6.07, 6.45) is 11.7. The minimum Gasteiger partial charge on any atom is -0.497 e. The largest absolute Gasteiger partial charge is 0.497 e. The maximum absolute atomic E-state index is 9.65. The summed E-state index contributed by atoms with van der Waals surface area (Å²) in [6.45, 7) is 5.45. The Balaban J connectivity index is 1.39. The van der Waals surface area contributed by atoms with E-state index in [-0.39, 0.29) is 6.61 Å². The lowest BCUT2D eigenvalue weighted by molar-refractivity contribution is 0.0388. The summed E-state index contributed by atoms with van der Waals surface area (Å²) < 4.78 is 7.44. The van der Waals surface area contributed by atoms with Crippen LogP contribution < -0.4 is 4.74 Å². The molecule has 6 nitrogen and oxygen atoms in total. The molecular formula is C24H36N4O2. The molecule has 1 atom stereocenters. The second kappa shape index (κ2) is 10.4. The first-order valence-corrected chi connectivity index (χ1v) is 11.5. The van der Waals surface area contributed by atoms with Gasteiger partial charge in [-0.3, -0.25) is 9.80 Å². The smallest absolute Gasteiger partial charge is 0.127 e. The maximum atomic E-state index is 9.65. The molecule has 0 radical (unpaired) electrons. The van der Waals surface area contributed by atoms with Crippen molar-refractivity contribution in [2.24, 2.45) is 5.92 Å². The first-order valence-electron chi connectivity index (χ1n) is 11.5. The Bertz CT molecular complexity index is 770. The molecule has 1 aliphatic carbocycles. The number of methoxy groups -OCH3 is 1. The molecule has 1 aliphatic heterocycles. The topological polar surface area (TPSA) is 53.8 Å². The molecule has 1 N–H and O–H groups in total. The van der Waals surface area contributed by atoms with Gasteiger partial charge < -0.3 is 14.4 Å². The zero-order valence-electron chi connectivity index (χ0n) is 18.2. The number of aliphatic hydroxyl groups is 1. The van der Waals surface area contributed by atoms with E-state index in [0.29, 0.717) is 6.04 Å². The number of imidazole rings is 1. The van der Waals surface area contributed by atoms with Crippen LogP contribution in [0.1, 0.15) is 44.3 Å². The van der Waals surface area contributed by atoms with Crippen molar-refractivity contribution < 1.29 is 9.84 Å². The van der Waals surface area contributed by atoms with Crippen LogP contribution in [0, 0.1) is 5.92 Å². The number of hydrogen-bond acceptors (Lipinski definition) is 5. The van der Waals surface area contributed by atoms with Crippen molar-refractivity contribution in [2.45, 2.75) is 51.1 Å². The third-order valence-electron chi connectivity index (χ3n) is 6.80. The van der Waals surface area contributed by atoms with E-state index in [0.717, 1.165) is 55.8 Å². The van der Waals surface area contributed by atoms with E-state index in [2.05, 4.69) is 31.5 Å². The maximum Gasteiger partial charge on any atom is 0.127 e. The summed E-state index contributed by atoms with van der Waals surface area (Å²) in [5.41, 5.74) is 1.10. The summed E-state index contributed by atoms with van der Waals surface area (Å²) in [6, 6.07) is 8.55. The van der Waals surface area contributed by atoms with Crippen LogP contribution in [0.15, 0.2) is 36.7 Å². The van der Waals surface area contributed by atoms with Gasteiger partial charge in [0.25, 0.3) is 0 Å². The van der Waals surface area contributed by atoms with Gasteiger partial charge in [-0.05, 0) is 49.4 Å². The molecule has 2 fully saturated rings. The summed E-state index contributed by atoms with van der Waals surface area (Å²) in [5.74, 6) is 2.77. The van der Waals surface area contributed by atoms with Gasteiger partial charge in [-0.15, -0.1) is 0 Å². The number of nitrogens with zero attached hydrogens (tertiary/aromatic N) is 4. The predicted molar refractivity (Wildman–Crippen MR) is 119 cm³/mol. The molecule has 1 aromatic carbocycles. The summed E-state index contributed by atoms with van der Waals surface area (Å²) in [7, 11) is 1.69. The number of rotatable bonds is 8. The van der Waals surface area contributed by atoms with Gasteiger partial charge in [-0.2, -0.15) is 0 Å². The third-order valence-corrected chi connectivity index (χ3v) is 6.80. The molecule has 30 heavy (non-hydrogen) atoms. The van der Waals surface area contributed by atoms with E-state index in [1.807, 2.05) is 24.5 Å². The molecule has 2 heterocycles. The Morgan fingerprint density at radius 3 is 2.63 bits per heavy atom. The van der Waals surface area contributed by atoms with Crippen molar-refractivity contribution >= 4 is 0 Å². The molecule has 2 aromatic rings. The Morgan fingerprint density at radius 2 is 1.90 bits per heavy atom. The molecule has 1 aromatic heterocycles. The van der Waals surface area contributed by atoms with Crippen molar-refractivity contribution in [2.75, 3.05) is 39.9 Å². The van der Waals surface area contributed by atoms with Crippen LogP contribution in [0.3, 0.4) is 0 Å². The van der Waals surface area contributed by atoms with Crippen molar-refractivity contribution in [1.82, 2.24) is 19.4 Å². The standard InChI is InChI=1S/C24H36N4O2/c1-30-23-9-7-21(8-10-23)28-13-12-25-24(28)19-26-14-15-27(22(18-26)11-16-29)17-20-5-3-2-4-6-20/h7-10,12-13,20,22,29H,2-6,11,14-19H2,1H3. The molecule has 164 valence electrons. The highest BCUT2D eigenvalue weighted by molar-refractivity contribution is 5.38. The number of piperazine rings is 1. The lowest BCUT2D eigenvalue weighted by Crippen LogP contribution is -2.54. The van der Waals surface area contributed by atoms with Crippen LogP contribution in [0.5, 0.6) is 5.75 Å². The van der Waals surface area contributed by atoms with Crippen LogP contribution >= 0.6 is 0 Å². The van der Waals surface area contributed by atoms with Crippen LogP contribution in [-0.2, 0) is 6.54 Å². The molecule has 6 heteroatoms. The molecule has 0 bridgehead atoms. The summed E-state index contributed by atoms with van der Waals surface area (Å²) >= 11 is 0. The van der Waals surface area contributed by atoms with Gasteiger partial charge in [0, 0.05) is 56.9 Å². The second-order valence-corrected chi connectivity index (χ2v) is 8.81. The Hall–Kier alpha value is -1.89. The Kier molecular flexibility index (Phi) is 7.42. The van der Waals surface area contributed by atoms with Crippen LogP contribution in [-0.4, -0.2) is 70.4 Å². The molecular weight excluding hydrogens is 376 g/mol. The highest BCUT2D eigenvalue weighted by atomic mass is 16.5. The van der Waals surface area contributed by atoms with Gasteiger partial charge in [0.05, 0.1) is 13.7 Å². The van der Waals surface area contributed by atoms with Gasteiger partial charge in [-0.25, -0.2) is 4.98 Å². The summed E-state index contributed by atoms with van der Waals surface area (Å²) in [5, 5.41) is 9.65. The normalized spacial score (nSPS) is 21.7. The molecule has 0 spiro atoms. The van der Waals surface area contributed by atoms with E-state index >= 15 is 0 Å². The van der Waals surface area contributed by atoms with Crippen molar-refractivity contribution in [3.05, 3.63) is 42.5 Å². The number of hydrogen-bond donors (Lipinski definition) is 1. The molecule has 1 saturated carbocycles. The molecule has 4 rings (SSSR count). The van der Waals surface area contributed by atoms with E-state index in [4.69, 9.17) is 4.74 Å². The first kappa shape index (κ1) is 21.3. The van der Waals surface area contributed by atoms with Crippen LogP contribution in [0.25, 0.3) is 5.69 Å². The van der Waals surface area contributed by atoms with Crippen molar-refractivity contribution in [3.8, 4) is 11.4 Å². The van der Waals surface area contributed by atoms with Gasteiger partial charge >= 0.3 is 0 Å². The predicted octanol–water partition coefficient (Wildman–Crippen LogP) is 3.33. The lowest BCUT2D eigenvalue weighted by Gasteiger charge is -2.43. The van der Waals surface area contributed by atoms with Crippen LogP contribution in [0.4, 0.5) is 0 Å². The second-order valence-electron chi connectivity index (χ2n) is 8.81. The van der Waals surface area contributed by atoms with E-state index in [9.17, 15) is 5.11 Å². The number of ether oxygens (including phenoxy) is 1. The quantitative estimate of drug-likeness (QED) is 0.721. The van der Waals surface area contributed by atoms with E-state index in [1.54, 1.807) is 7.11 Å². The fourth-order valence-corrected chi connectivity index (χ4v) is 5.09.